The summed E-state index contributed by atoms with van der Waals surface area (Å²) in [6.07, 6.45) is 0.930. The van der Waals surface area contributed by atoms with Crippen LogP contribution in [-0.2, 0) is 16.0 Å². The molecular formula is C14H17NO3. The van der Waals surface area contributed by atoms with Crippen molar-refractivity contribution in [3.05, 3.63) is 29.8 Å². The molecule has 0 aliphatic heterocycles. The predicted octanol–water partition coefficient (Wildman–Crippen LogP) is 2.30. The lowest BCUT2D eigenvalue weighted by Crippen LogP contribution is -2.16. The highest BCUT2D eigenvalue weighted by Crippen LogP contribution is 2.51. The molecule has 0 bridgehead atoms. The molecule has 4 nitrogen and oxygen atoms in total. The Balaban J connectivity index is 1.94. The summed E-state index contributed by atoms with van der Waals surface area (Å²) in [5.74, 6) is -0.714. The molecular weight excluding hydrogens is 230 g/mol. The zero-order chi connectivity index (χ0) is 13.3. The topological polar surface area (TPSA) is 66.4 Å². The third kappa shape index (κ3) is 2.88. The SMILES string of the molecule is CC1(C)C[C@@H]1C(=O)Nc1ccc(CC(=O)O)cc1. The lowest BCUT2D eigenvalue weighted by Gasteiger charge is -2.07. The van der Waals surface area contributed by atoms with E-state index in [1.807, 2.05) is 0 Å². The molecule has 1 aromatic rings. The Morgan fingerprint density at radius 2 is 1.89 bits per heavy atom. The first-order valence-corrected chi connectivity index (χ1v) is 6.00. The number of hydrogen-bond donors (Lipinski definition) is 2. The van der Waals surface area contributed by atoms with Crippen LogP contribution in [0.4, 0.5) is 5.69 Å². The molecule has 2 rings (SSSR count). The minimum absolute atomic E-state index is 0.00385. The molecule has 0 heterocycles. The molecule has 0 aromatic heterocycles. The minimum Gasteiger partial charge on any atom is -0.481 e. The first-order valence-electron chi connectivity index (χ1n) is 6.00. The van der Waals surface area contributed by atoms with Crippen molar-refractivity contribution in [2.24, 2.45) is 11.3 Å². The zero-order valence-corrected chi connectivity index (χ0v) is 10.6. The molecule has 1 fully saturated rings. The Labute approximate surface area is 106 Å². The summed E-state index contributed by atoms with van der Waals surface area (Å²) in [4.78, 5) is 22.4. The van der Waals surface area contributed by atoms with E-state index in [0.717, 1.165) is 17.7 Å². The second-order valence-electron chi connectivity index (χ2n) is 5.50. The Bertz CT molecular complexity index is 476. The molecule has 0 unspecified atom stereocenters. The number of benzene rings is 1. The van der Waals surface area contributed by atoms with E-state index in [4.69, 9.17) is 5.11 Å². The first-order chi connectivity index (χ1) is 8.38. The van der Waals surface area contributed by atoms with Gasteiger partial charge in [-0.05, 0) is 29.5 Å². The molecule has 0 saturated heterocycles. The van der Waals surface area contributed by atoms with Crippen LogP contribution in [0.3, 0.4) is 0 Å². The molecule has 1 aliphatic carbocycles. The van der Waals surface area contributed by atoms with Crippen molar-refractivity contribution in [1.82, 2.24) is 0 Å². The van der Waals surface area contributed by atoms with Crippen molar-refractivity contribution in [3.8, 4) is 0 Å². The molecule has 1 aromatic carbocycles. The monoisotopic (exact) mass is 247 g/mol. The average Bonchev–Trinajstić information content (AvgIpc) is 2.90. The molecule has 18 heavy (non-hydrogen) atoms. The van der Waals surface area contributed by atoms with Crippen LogP contribution in [0.2, 0.25) is 0 Å². The molecule has 96 valence electrons. The molecule has 2 N–H and O–H groups in total. The fraction of sp³-hybridized carbons (Fsp3) is 0.429. The second-order valence-corrected chi connectivity index (χ2v) is 5.50. The number of carboxylic acid groups (broad SMARTS) is 1. The van der Waals surface area contributed by atoms with E-state index in [1.54, 1.807) is 24.3 Å². The maximum atomic E-state index is 11.8. The van der Waals surface area contributed by atoms with Gasteiger partial charge in [0.1, 0.15) is 0 Å². The van der Waals surface area contributed by atoms with Crippen molar-refractivity contribution in [1.29, 1.82) is 0 Å². The third-order valence-corrected chi connectivity index (χ3v) is 3.41. The summed E-state index contributed by atoms with van der Waals surface area (Å²) >= 11 is 0. The third-order valence-electron chi connectivity index (χ3n) is 3.41. The van der Waals surface area contributed by atoms with E-state index in [9.17, 15) is 9.59 Å². The van der Waals surface area contributed by atoms with Crippen molar-refractivity contribution in [3.63, 3.8) is 0 Å². The van der Waals surface area contributed by atoms with Crippen LogP contribution in [0.1, 0.15) is 25.8 Å². The van der Waals surface area contributed by atoms with Crippen LogP contribution < -0.4 is 5.32 Å². The van der Waals surface area contributed by atoms with Crippen molar-refractivity contribution >= 4 is 17.6 Å². The van der Waals surface area contributed by atoms with E-state index in [0.29, 0.717) is 0 Å². The van der Waals surface area contributed by atoms with Gasteiger partial charge in [-0.2, -0.15) is 0 Å². The summed E-state index contributed by atoms with van der Waals surface area (Å²) in [5, 5.41) is 11.5. The highest BCUT2D eigenvalue weighted by molar-refractivity contribution is 5.95. The van der Waals surface area contributed by atoms with Gasteiger partial charge in [0.05, 0.1) is 6.42 Å². The largest absolute Gasteiger partial charge is 0.481 e. The van der Waals surface area contributed by atoms with E-state index in [1.165, 1.54) is 0 Å². The number of anilines is 1. The van der Waals surface area contributed by atoms with Gasteiger partial charge in [-0.3, -0.25) is 9.59 Å². The number of hydrogen-bond acceptors (Lipinski definition) is 2. The van der Waals surface area contributed by atoms with Gasteiger partial charge in [-0.25, -0.2) is 0 Å². The number of nitrogens with one attached hydrogen (secondary N) is 1. The lowest BCUT2D eigenvalue weighted by molar-refractivity contribution is -0.136. The zero-order valence-electron chi connectivity index (χ0n) is 10.6. The summed E-state index contributed by atoms with van der Waals surface area (Å²) in [6, 6.07) is 6.93. The van der Waals surface area contributed by atoms with E-state index >= 15 is 0 Å². The average molecular weight is 247 g/mol. The van der Waals surface area contributed by atoms with Gasteiger partial charge >= 0.3 is 5.97 Å². The van der Waals surface area contributed by atoms with Crippen LogP contribution in [0.25, 0.3) is 0 Å². The minimum atomic E-state index is -0.855. The van der Waals surface area contributed by atoms with Crippen molar-refractivity contribution < 1.29 is 14.7 Å². The Kier molecular flexibility index (Phi) is 3.11. The normalized spacial score (nSPS) is 20.2. The quantitative estimate of drug-likeness (QED) is 0.858. The second kappa shape index (κ2) is 4.44. The van der Waals surface area contributed by atoms with Crippen LogP contribution in [-0.4, -0.2) is 17.0 Å². The van der Waals surface area contributed by atoms with Gasteiger partial charge < -0.3 is 10.4 Å². The van der Waals surface area contributed by atoms with Crippen molar-refractivity contribution in [2.75, 3.05) is 5.32 Å². The summed E-state index contributed by atoms with van der Waals surface area (Å²) < 4.78 is 0. The van der Waals surface area contributed by atoms with Gasteiger partial charge in [0, 0.05) is 11.6 Å². The number of rotatable bonds is 4. The number of aliphatic carboxylic acids is 1. The Morgan fingerprint density at radius 3 is 2.33 bits per heavy atom. The van der Waals surface area contributed by atoms with Crippen LogP contribution in [0.5, 0.6) is 0 Å². The van der Waals surface area contributed by atoms with Gasteiger partial charge in [-0.15, -0.1) is 0 Å². The van der Waals surface area contributed by atoms with Crippen LogP contribution in [0.15, 0.2) is 24.3 Å². The fourth-order valence-electron chi connectivity index (χ4n) is 2.02. The molecule has 1 atom stereocenters. The summed E-state index contributed by atoms with van der Waals surface area (Å²) in [7, 11) is 0. The van der Waals surface area contributed by atoms with Gasteiger partial charge in [0.15, 0.2) is 0 Å². The lowest BCUT2D eigenvalue weighted by atomic mass is 10.1. The van der Waals surface area contributed by atoms with Crippen LogP contribution >= 0.6 is 0 Å². The van der Waals surface area contributed by atoms with Gasteiger partial charge in [-0.1, -0.05) is 26.0 Å². The summed E-state index contributed by atoms with van der Waals surface area (Å²) in [5.41, 5.74) is 1.57. The first kappa shape index (κ1) is 12.6. The van der Waals surface area contributed by atoms with E-state index in [2.05, 4.69) is 19.2 Å². The van der Waals surface area contributed by atoms with Gasteiger partial charge in [0.25, 0.3) is 0 Å². The fourth-order valence-corrected chi connectivity index (χ4v) is 2.02. The standard InChI is InChI=1S/C14H17NO3/c1-14(2)8-11(14)13(18)15-10-5-3-9(4-6-10)7-12(16)17/h3-6,11H,7-8H2,1-2H3,(H,15,18)(H,16,17)/t11-/m1/s1. The number of carboxylic acids is 1. The highest BCUT2D eigenvalue weighted by Gasteiger charge is 2.50. The highest BCUT2D eigenvalue weighted by atomic mass is 16.4. The maximum Gasteiger partial charge on any atom is 0.307 e. The number of amides is 1. The number of carbonyl (C=O) groups is 2. The predicted molar refractivity (Wildman–Crippen MR) is 68.3 cm³/mol. The summed E-state index contributed by atoms with van der Waals surface area (Å²) in [6.45, 7) is 4.15. The molecule has 4 heteroatoms. The molecule has 0 spiro atoms. The molecule has 1 saturated carbocycles. The Morgan fingerprint density at radius 1 is 1.33 bits per heavy atom. The number of carbonyl (C=O) groups excluding carboxylic acids is 1. The molecule has 1 aliphatic rings. The van der Waals surface area contributed by atoms with E-state index in [-0.39, 0.29) is 23.7 Å². The maximum absolute atomic E-state index is 11.8. The van der Waals surface area contributed by atoms with E-state index < -0.39 is 5.97 Å². The van der Waals surface area contributed by atoms with Crippen LogP contribution in [0, 0.1) is 11.3 Å². The molecule has 0 radical (unpaired) electrons. The van der Waals surface area contributed by atoms with Gasteiger partial charge in [0.2, 0.25) is 5.91 Å². The molecule has 1 amide bonds. The Hall–Kier alpha value is -1.84. The van der Waals surface area contributed by atoms with Crippen molar-refractivity contribution in [2.45, 2.75) is 26.7 Å². The smallest absolute Gasteiger partial charge is 0.307 e.